The first-order valence-corrected chi connectivity index (χ1v) is 9.10. The van der Waals surface area contributed by atoms with Crippen LogP contribution in [-0.2, 0) is 7.05 Å². The summed E-state index contributed by atoms with van der Waals surface area (Å²) < 4.78 is 9.09. The van der Waals surface area contributed by atoms with E-state index in [9.17, 15) is 4.79 Å². The van der Waals surface area contributed by atoms with Crippen molar-refractivity contribution in [1.82, 2.24) is 24.5 Å². The number of hydrogen-bond donors (Lipinski definition) is 2. The van der Waals surface area contributed by atoms with Gasteiger partial charge in [0.15, 0.2) is 5.69 Å². The molecule has 3 aromatic heterocycles. The van der Waals surface area contributed by atoms with Crippen molar-refractivity contribution in [3.63, 3.8) is 0 Å². The van der Waals surface area contributed by atoms with Gasteiger partial charge in [0.05, 0.1) is 12.6 Å². The van der Waals surface area contributed by atoms with Crippen LogP contribution in [0.4, 0.5) is 5.82 Å². The largest absolute Gasteiger partial charge is 0.496 e. The molecule has 3 heterocycles. The van der Waals surface area contributed by atoms with E-state index >= 15 is 0 Å². The Hall–Kier alpha value is -3.55. The standard InChI is InChI=1S/C20H22N6O2/c1-4-7-22-20(27)17-18(21)26-8-5-6-13(19(26)23-17)14-9-12-11-25(2)24-15(12)10-16(14)28-3/h5-6,8-11H,4,7,21H2,1-3H3,(H,22,27). The lowest BCUT2D eigenvalue weighted by Gasteiger charge is -2.10. The second-order valence-electron chi connectivity index (χ2n) is 6.63. The zero-order chi connectivity index (χ0) is 19.8. The van der Waals surface area contributed by atoms with Gasteiger partial charge in [-0.15, -0.1) is 0 Å². The zero-order valence-corrected chi connectivity index (χ0v) is 16.1. The van der Waals surface area contributed by atoms with Gasteiger partial charge < -0.3 is 15.8 Å². The Bertz CT molecular complexity index is 1190. The molecule has 8 heteroatoms. The number of anilines is 1. The first-order valence-electron chi connectivity index (χ1n) is 9.10. The molecule has 0 spiro atoms. The monoisotopic (exact) mass is 378 g/mol. The quantitative estimate of drug-likeness (QED) is 0.556. The Morgan fingerprint density at radius 3 is 2.89 bits per heavy atom. The number of pyridine rings is 1. The molecule has 28 heavy (non-hydrogen) atoms. The van der Waals surface area contributed by atoms with E-state index in [1.807, 2.05) is 44.4 Å². The SMILES string of the molecule is CCCNC(=O)c1nc2c(-c3cc4cn(C)nc4cc3OC)cccn2c1N. The smallest absolute Gasteiger partial charge is 0.273 e. The molecular formula is C20H22N6O2. The molecule has 1 amide bonds. The number of aryl methyl sites for hydroxylation is 1. The lowest BCUT2D eigenvalue weighted by atomic mass is 10.0. The van der Waals surface area contributed by atoms with Gasteiger partial charge in [-0.1, -0.05) is 6.92 Å². The highest BCUT2D eigenvalue weighted by Crippen LogP contribution is 2.36. The van der Waals surface area contributed by atoms with E-state index in [0.29, 0.717) is 23.8 Å². The van der Waals surface area contributed by atoms with Gasteiger partial charge in [-0.25, -0.2) is 4.98 Å². The number of hydrogen-bond acceptors (Lipinski definition) is 5. The van der Waals surface area contributed by atoms with Crippen LogP contribution in [0.2, 0.25) is 0 Å². The van der Waals surface area contributed by atoms with Gasteiger partial charge in [0.2, 0.25) is 0 Å². The lowest BCUT2D eigenvalue weighted by molar-refractivity contribution is 0.0950. The molecule has 144 valence electrons. The van der Waals surface area contributed by atoms with Crippen LogP contribution in [0, 0.1) is 0 Å². The third kappa shape index (κ3) is 2.83. The maximum Gasteiger partial charge on any atom is 0.273 e. The minimum atomic E-state index is -0.274. The molecule has 0 fully saturated rings. The van der Waals surface area contributed by atoms with E-state index in [-0.39, 0.29) is 11.6 Å². The predicted octanol–water partition coefficient (Wildman–Crippen LogP) is 2.62. The molecule has 0 atom stereocenters. The molecule has 0 aliphatic carbocycles. The summed E-state index contributed by atoms with van der Waals surface area (Å²) in [6.45, 7) is 2.57. The topological polar surface area (TPSA) is 99.5 Å². The van der Waals surface area contributed by atoms with Crippen molar-refractivity contribution in [3.05, 3.63) is 42.4 Å². The summed E-state index contributed by atoms with van der Waals surface area (Å²) >= 11 is 0. The number of nitrogen functional groups attached to an aromatic ring is 1. The summed E-state index contributed by atoms with van der Waals surface area (Å²) in [6.07, 6.45) is 4.58. The third-order valence-electron chi connectivity index (χ3n) is 4.67. The molecule has 0 bridgehead atoms. The number of methoxy groups -OCH3 is 1. The van der Waals surface area contributed by atoms with Gasteiger partial charge >= 0.3 is 0 Å². The molecule has 4 aromatic rings. The van der Waals surface area contributed by atoms with Crippen LogP contribution >= 0.6 is 0 Å². The van der Waals surface area contributed by atoms with Crippen molar-refractivity contribution in [2.45, 2.75) is 13.3 Å². The Morgan fingerprint density at radius 2 is 2.14 bits per heavy atom. The van der Waals surface area contributed by atoms with Crippen LogP contribution in [0.15, 0.2) is 36.7 Å². The molecule has 8 nitrogen and oxygen atoms in total. The maximum atomic E-state index is 12.4. The first-order chi connectivity index (χ1) is 13.5. The van der Waals surface area contributed by atoms with Crippen LogP contribution in [-0.4, -0.2) is 38.7 Å². The Labute approximate surface area is 161 Å². The summed E-state index contributed by atoms with van der Waals surface area (Å²) in [5.41, 5.74) is 9.57. The van der Waals surface area contributed by atoms with Gasteiger partial charge in [0.25, 0.3) is 5.91 Å². The highest BCUT2D eigenvalue weighted by Gasteiger charge is 2.20. The van der Waals surface area contributed by atoms with E-state index < -0.39 is 0 Å². The summed E-state index contributed by atoms with van der Waals surface area (Å²) in [4.78, 5) is 17.0. The molecule has 4 rings (SSSR count). The number of nitrogens with zero attached hydrogens (tertiary/aromatic N) is 4. The number of nitrogens with one attached hydrogen (secondary N) is 1. The molecule has 0 saturated heterocycles. The maximum absolute atomic E-state index is 12.4. The van der Waals surface area contributed by atoms with Crippen molar-refractivity contribution in [2.24, 2.45) is 7.05 Å². The van der Waals surface area contributed by atoms with Crippen molar-refractivity contribution in [2.75, 3.05) is 19.4 Å². The predicted molar refractivity (Wildman–Crippen MR) is 108 cm³/mol. The van der Waals surface area contributed by atoms with Crippen LogP contribution in [0.1, 0.15) is 23.8 Å². The number of imidazole rings is 1. The molecule has 0 saturated carbocycles. The highest BCUT2D eigenvalue weighted by atomic mass is 16.5. The first kappa shape index (κ1) is 17.8. The average Bonchev–Trinajstić information content (AvgIpc) is 3.23. The molecular weight excluding hydrogens is 356 g/mol. The van der Waals surface area contributed by atoms with Crippen molar-refractivity contribution in [1.29, 1.82) is 0 Å². The fourth-order valence-corrected chi connectivity index (χ4v) is 3.34. The van der Waals surface area contributed by atoms with Crippen LogP contribution in [0.25, 0.3) is 27.7 Å². The number of benzene rings is 1. The lowest BCUT2D eigenvalue weighted by Crippen LogP contribution is -2.25. The third-order valence-corrected chi connectivity index (χ3v) is 4.67. The van der Waals surface area contributed by atoms with E-state index in [4.69, 9.17) is 10.5 Å². The van der Waals surface area contributed by atoms with E-state index in [0.717, 1.165) is 28.5 Å². The fraction of sp³-hybridized carbons (Fsp3) is 0.250. The molecule has 0 aliphatic heterocycles. The Morgan fingerprint density at radius 1 is 1.32 bits per heavy atom. The zero-order valence-electron chi connectivity index (χ0n) is 16.1. The Balaban J connectivity index is 1.92. The number of aromatic nitrogens is 4. The van der Waals surface area contributed by atoms with Gasteiger partial charge in [0, 0.05) is 48.6 Å². The number of fused-ring (bicyclic) bond motifs is 2. The van der Waals surface area contributed by atoms with Gasteiger partial charge in [-0.05, 0) is 24.6 Å². The van der Waals surface area contributed by atoms with E-state index in [1.165, 1.54) is 0 Å². The summed E-state index contributed by atoms with van der Waals surface area (Å²) in [6, 6.07) is 7.73. The van der Waals surface area contributed by atoms with E-state index in [2.05, 4.69) is 15.4 Å². The normalized spacial score (nSPS) is 11.2. The minimum Gasteiger partial charge on any atom is -0.496 e. The summed E-state index contributed by atoms with van der Waals surface area (Å²) in [5.74, 6) is 0.716. The minimum absolute atomic E-state index is 0.224. The Kier molecular flexibility index (Phi) is 4.38. The van der Waals surface area contributed by atoms with Gasteiger partial charge in [-0.3, -0.25) is 13.9 Å². The average molecular weight is 378 g/mol. The number of nitrogens with two attached hydrogens (primary N) is 1. The van der Waals surface area contributed by atoms with Crippen molar-refractivity contribution >= 4 is 28.3 Å². The summed E-state index contributed by atoms with van der Waals surface area (Å²) in [5, 5.41) is 8.25. The summed E-state index contributed by atoms with van der Waals surface area (Å²) in [7, 11) is 3.50. The van der Waals surface area contributed by atoms with Crippen LogP contribution in [0.3, 0.4) is 0 Å². The number of carbonyl (C=O) groups excluding carboxylic acids is 1. The number of amides is 1. The van der Waals surface area contributed by atoms with Crippen LogP contribution in [0.5, 0.6) is 5.75 Å². The van der Waals surface area contributed by atoms with Crippen LogP contribution < -0.4 is 15.8 Å². The molecule has 3 N–H and O–H groups in total. The van der Waals surface area contributed by atoms with Crippen molar-refractivity contribution in [3.8, 4) is 16.9 Å². The van der Waals surface area contributed by atoms with Gasteiger partial charge in [-0.2, -0.15) is 5.10 Å². The van der Waals surface area contributed by atoms with E-state index in [1.54, 1.807) is 22.4 Å². The fourth-order valence-electron chi connectivity index (χ4n) is 3.34. The second-order valence-corrected chi connectivity index (χ2v) is 6.63. The molecule has 0 radical (unpaired) electrons. The number of rotatable bonds is 5. The highest BCUT2D eigenvalue weighted by molar-refractivity contribution is 5.99. The van der Waals surface area contributed by atoms with Crippen molar-refractivity contribution < 1.29 is 9.53 Å². The van der Waals surface area contributed by atoms with Gasteiger partial charge in [0.1, 0.15) is 17.2 Å². The number of carbonyl (C=O) groups is 1. The second kappa shape index (κ2) is 6.88. The molecule has 0 aliphatic rings. The molecule has 0 unspecified atom stereocenters. The molecule has 1 aromatic carbocycles. The number of ether oxygens (including phenoxy) is 1.